The standard InChI is InChI=1S/C17H19F2N3O5/c1-21-14(17(24)25)15(23)16(26-2)13(20-21)9-3-4-10(12(19)11(9)18)22-5-7-27-8-6-22/h3-4,14,20H,5-8H2,1-2H3,(H,24,25). The Labute approximate surface area is 153 Å². The second-order valence-electron chi connectivity index (χ2n) is 6.10. The van der Waals surface area contributed by atoms with Crippen molar-refractivity contribution < 1.29 is 33.0 Å². The molecule has 1 aromatic carbocycles. The summed E-state index contributed by atoms with van der Waals surface area (Å²) in [6, 6.07) is 1.20. The number of benzene rings is 1. The zero-order chi connectivity index (χ0) is 19.7. The zero-order valence-corrected chi connectivity index (χ0v) is 14.8. The molecule has 0 amide bonds. The number of ether oxygens (including phenoxy) is 2. The molecule has 1 aromatic rings. The molecule has 1 atom stereocenters. The van der Waals surface area contributed by atoms with Crippen LogP contribution in [-0.2, 0) is 19.1 Å². The van der Waals surface area contributed by atoms with E-state index >= 15 is 0 Å². The van der Waals surface area contributed by atoms with Gasteiger partial charge in [-0.2, -0.15) is 0 Å². The number of likely N-dealkylation sites (N-methyl/N-ethyl adjacent to an activating group) is 1. The number of hydrogen-bond acceptors (Lipinski definition) is 7. The van der Waals surface area contributed by atoms with E-state index in [1.54, 1.807) is 4.90 Å². The number of carbonyl (C=O) groups excluding carboxylic acids is 1. The molecule has 8 nitrogen and oxygen atoms in total. The van der Waals surface area contributed by atoms with Gasteiger partial charge in [-0.3, -0.25) is 4.79 Å². The molecular weight excluding hydrogens is 364 g/mol. The molecule has 2 aliphatic heterocycles. The topological polar surface area (TPSA) is 91.3 Å². The van der Waals surface area contributed by atoms with E-state index in [2.05, 4.69) is 5.43 Å². The molecule has 0 spiro atoms. The Morgan fingerprint density at radius 1 is 1.30 bits per heavy atom. The Bertz CT molecular complexity index is 808. The predicted molar refractivity (Wildman–Crippen MR) is 90.6 cm³/mol. The second kappa shape index (κ2) is 7.49. The Morgan fingerprint density at radius 3 is 2.56 bits per heavy atom. The average Bonchev–Trinajstić information content (AvgIpc) is 2.64. The van der Waals surface area contributed by atoms with Gasteiger partial charge in [0.2, 0.25) is 5.78 Å². The second-order valence-corrected chi connectivity index (χ2v) is 6.10. The van der Waals surface area contributed by atoms with Crippen LogP contribution in [0, 0.1) is 11.6 Å². The maximum Gasteiger partial charge on any atom is 0.331 e. The minimum Gasteiger partial charge on any atom is -0.491 e. The molecule has 1 fully saturated rings. The number of methoxy groups -OCH3 is 1. The molecule has 10 heteroatoms. The first-order valence-corrected chi connectivity index (χ1v) is 8.22. The highest BCUT2D eigenvalue weighted by Crippen LogP contribution is 2.31. The Morgan fingerprint density at radius 2 is 1.96 bits per heavy atom. The van der Waals surface area contributed by atoms with Crippen molar-refractivity contribution in [3.63, 3.8) is 0 Å². The highest BCUT2D eigenvalue weighted by Gasteiger charge is 2.41. The van der Waals surface area contributed by atoms with Crippen molar-refractivity contribution in [3.05, 3.63) is 35.1 Å². The molecule has 2 aliphatic rings. The number of ketones is 1. The summed E-state index contributed by atoms with van der Waals surface area (Å²) in [7, 11) is 2.48. The SMILES string of the molecule is COC1=C(c2ccc(N3CCOCC3)c(F)c2F)NN(C)C(C(=O)O)C1=O. The van der Waals surface area contributed by atoms with Gasteiger partial charge in [-0.25, -0.2) is 18.6 Å². The van der Waals surface area contributed by atoms with Crippen molar-refractivity contribution in [1.82, 2.24) is 10.4 Å². The lowest BCUT2D eigenvalue weighted by Crippen LogP contribution is -2.55. The summed E-state index contributed by atoms with van der Waals surface area (Å²) < 4.78 is 39.7. The molecule has 0 aromatic heterocycles. The van der Waals surface area contributed by atoms with E-state index in [1.807, 2.05) is 0 Å². The van der Waals surface area contributed by atoms with E-state index in [1.165, 1.54) is 19.2 Å². The zero-order valence-electron chi connectivity index (χ0n) is 14.8. The van der Waals surface area contributed by atoms with Crippen LogP contribution in [0.5, 0.6) is 0 Å². The highest BCUT2D eigenvalue weighted by molar-refractivity contribution is 6.14. The number of nitrogens with one attached hydrogen (secondary N) is 1. The number of halogens is 2. The average molecular weight is 383 g/mol. The maximum atomic E-state index is 14.8. The van der Waals surface area contributed by atoms with Crippen LogP contribution in [0.3, 0.4) is 0 Å². The van der Waals surface area contributed by atoms with Gasteiger partial charge in [0.1, 0.15) is 5.70 Å². The minimum absolute atomic E-state index is 0.0954. The summed E-state index contributed by atoms with van der Waals surface area (Å²) in [5.74, 6) is -4.85. The van der Waals surface area contributed by atoms with E-state index in [0.717, 1.165) is 12.1 Å². The number of morpholine rings is 1. The Balaban J connectivity index is 2.04. The summed E-state index contributed by atoms with van der Waals surface area (Å²) in [4.78, 5) is 25.4. The largest absolute Gasteiger partial charge is 0.491 e. The molecule has 3 rings (SSSR count). The molecular formula is C17H19F2N3O5. The van der Waals surface area contributed by atoms with Gasteiger partial charge in [-0.1, -0.05) is 0 Å². The molecule has 27 heavy (non-hydrogen) atoms. The summed E-state index contributed by atoms with van der Waals surface area (Å²) >= 11 is 0. The van der Waals surface area contributed by atoms with Gasteiger partial charge in [-0.15, -0.1) is 0 Å². The molecule has 1 saturated heterocycles. The monoisotopic (exact) mass is 383 g/mol. The number of hydrazine groups is 1. The first-order chi connectivity index (χ1) is 12.9. The fraction of sp³-hybridized carbons (Fsp3) is 0.412. The van der Waals surface area contributed by atoms with E-state index in [-0.39, 0.29) is 22.7 Å². The quantitative estimate of drug-likeness (QED) is 0.730. The van der Waals surface area contributed by atoms with Crippen molar-refractivity contribution in [1.29, 1.82) is 0 Å². The van der Waals surface area contributed by atoms with Crippen LogP contribution in [0.2, 0.25) is 0 Å². The highest BCUT2D eigenvalue weighted by atomic mass is 19.2. The van der Waals surface area contributed by atoms with Crippen molar-refractivity contribution in [2.45, 2.75) is 6.04 Å². The number of Topliss-reactive ketones (excluding diaryl/α,β-unsaturated/α-hetero) is 1. The van der Waals surface area contributed by atoms with Crippen LogP contribution in [0.1, 0.15) is 5.56 Å². The fourth-order valence-corrected chi connectivity index (χ4v) is 3.16. The fourth-order valence-electron chi connectivity index (χ4n) is 3.16. The molecule has 0 radical (unpaired) electrons. The maximum absolute atomic E-state index is 14.8. The van der Waals surface area contributed by atoms with Crippen molar-refractivity contribution in [2.75, 3.05) is 45.4 Å². The van der Waals surface area contributed by atoms with E-state index in [0.29, 0.717) is 26.3 Å². The molecule has 1 unspecified atom stereocenters. The Kier molecular flexibility index (Phi) is 5.29. The van der Waals surface area contributed by atoms with Crippen LogP contribution in [0.15, 0.2) is 17.9 Å². The summed E-state index contributed by atoms with van der Waals surface area (Å²) in [5, 5.41) is 10.2. The number of aliphatic carboxylic acids is 1. The molecule has 146 valence electrons. The molecule has 0 bridgehead atoms. The van der Waals surface area contributed by atoms with Gasteiger partial charge in [0.15, 0.2) is 23.4 Å². The van der Waals surface area contributed by atoms with Crippen LogP contribution in [-0.4, -0.2) is 68.4 Å². The van der Waals surface area contributed by atoms with Gasteiger partial charge in [-0.05, 0) is 12.1 Å². The molecule has 2 N–H and O–H groups in total. The van der Waals surface area contributed by atoms with Crippen LogP contribution >= 0.6 is 0 Å². The number of rotatable bonds is 4. The van der Waals surface area contributed by atoms with Crippen LogP contribution in [0.4, 0.5) is 14.5 Å². The number of anilines is 1. The first kappa shape index (κ1) is 19.1. The predicted octanol–water partition coefficient (Wildman–Crippen LogP) is 0.589. The van der Waals surface area contributed by atoms with E-state index < -0.39 is 29.4 Å². The molecule has 0 saturated carbocycles. The smallest absolute Gasteiger partial charge is 0.331 e. The minimum atomic E-state index is -1.54. The number of hydrogen-bond donors (Lipinski definition) is 2. The van der Waals surface area contributed by atoms with Crippen molar-refractivity contribution >= 4 is 23.1 Å². The third-order valence-electron chi connectivity index (χ3n) is 4.50. The third-order valence-corrected chi connectivity index (χ3v) is 4.50. The molecule has 0 aliphatic carbocycles. The van der Waals surface area contributed by atoms with Gasteiger partial charge >= 0.3 is 5.97 Å². The number of nitrogens with zero attached hydrogens (tertiary/aromatic N) is 2. The lowest BCUT2D eigenvalue weighted by Gasteiger charge is -2.33. The lowest BCUT2D eigenvalue weighted by atomic mass is 10.0. The van der Waals surface area contributed by atoms with Crippen molar-refractivity contribution in [3.8, 4) is 0 Å². The third kappa shape index (κ3) is 3.33. The first-order valence-electron chi connectivity index (χ1n) is 8.22. The number of carboxylic acid groups (broad SMARTS) is 1. The number of carbonyl (C=O) groups is 2. The molecule has 2 heterocycles. The van der Waals surface area contributed by atoms with E-state index in [4.69, 9.17) is 9.47 Å². The summed E-state index contributed by atoms with van der Waals surface area (Å²) in [5.41, 5.74) is 2.34. The summed E-state index contributed by atoms with van der Waals surface area (Å²) in [6.07, 6.45) is 0. The lowest BCUT2D eigenvalue weighted by molar-refractivity contribution is -0.149. The Hall–Kier alpha value is -2.72. The van der Waals surface area contributed by atoms with Gasteiger partial charge < -0.3 is 24.9 Å². The van der Waals surface area contributed by atoms with Crippen LogP contribution in [0.25, 0.3) is 5.70 Å². The van der Waals surface area contributed by atoms with Gasteiger partial charge in [0.05, 0.1) is 26.0 Å². The van der Waals surface area contributed by atoms with E-state index in [9.17, 15) is 23.5 Å². The van der Waals surface area contributed by atoms with Crippen LogP contribution < -0.4 is 10.3 Å². The normalized spacial score (nSPS) is 21.3. The van der Waals surface area contributed by atoms with Gasteiger partial charge in [0, 0.05) is 25.7 Å². The van der Waals surface area contributed by atoms with Crippen molar-refractivity contribution in [2.24, 2.45) is 0 Å². The van der Waals surface area contributed by atoms with Gasteiger partial charge in [0.25, 0.3) is 0 Å². The summed E-state index contributed by atoms with van der Waals surface area (Å²) in [6.45, 7) is 1.70. The number of carboxylic acids is 1.